The highest BCUT2D eigenvalue weighted by molar-refractivity contribution is 7.07. The van der Waals surface area contributed by atoms with Crippen LogP contribution in [0, 0.1) is 6.92 Å². The third kappa shape index (κ3) is 3.68. The van der Waals surface area contributed by atoms with Crippen LogP contribution in [0.1, 0.15) is 17.8 Å². The number of rotatable bonds is 6. The largest absolute Gasteiger partial charge is 0.356 e. The van der Waals surface area contributed by atoms with E-state index in [1.807, 2.05) is 47.3 Å². The average Bonchev–Trinajstić information content (AvgIpc) is 3.08. The quantitative estimate of drug-likeness (QED) is 0.747. The van der Waals surface area contributed by atoms with E-state index in [1.165, 1.54) is 0 Å². The molecule has 0 atom stereocenters. The Morgan fingerprint density at radius 1 is 1.39 bits per heavy atom. The zero-order chi connectivity index (χ0) is 16.2. The van der Waals surface area contributed by atoms with Crippen molar-refractivity contribution in [2.45, 2.75) is 26.3 Å². The van der Waals surface area contributed by atoms with Gasteiger partial charge in [0.1, 0.15) is 5.65 Å². The van der Waals surface area contributed by atoms with E-state index in [2.05, 4.69) is 10.3 Å². The Labute approximate surface area is 137 Å². The Morgan fingerprint density at radius 2 is 2.26 bits per heavy atom. The second-order valence-electron chi connectivity index (χ2n) is 5.34. The van der Waals surface area contributed by atoms with Gasteiger partial charge in [0.05, 0.1) is 5.69 Å². The van der Waals surface area contributed by atoms with E-state index in [0.29, 0.717) is 25.9 Å². The van der Waals surface area contributed by atoms with Crippen molar-refractivity contribution in [3.05, 3.63) is 57.0 Å². The van der Waals surface area contributed by atoms with Gasteiger partial charge in [-0.1, -0.05) is 17.4 Å². The van der Waals surface area contributed by atoms with Gasteiger partial charge >= 0.3 is 4.87 Å². The summed E-state index contributed by atoms with van der Waals surface area (Å²) in [4.78, 5) is 27.9. The van der Waals surface area contributed by atoms with E-state index < -0.39 is 0 Å². The maximum absolute atomic E-state index is 11.9. The molecule has 0 unspecified atom stereocenters. The van der Waals surface area contributed by atoms with E-state index in [-0.39, 0.29) is 10.8 Å². The number of carbonyl (C=O) groups excluding carboxylic acids is 1. The summed E-state index contributed by atoms with van der Waals surface area (Å²) in [6.07, 6.45) is 4.91. The van der Waals surface area contributed by atoms with Crippen LogP contribution in [0.2, 0.25) is 0 Å². The van der Waals surface area contributed by atoms with Gasteiger partial charge in [-0.15, -0.1) is 0 Å². The predicted octanol–water partition coefficient (Wildman–Crippen LogP) is 1.61. The molecule has 0 radical (unpaired) electrons. The Balaban J connectivity index is 1.46. The first kappa shape index (κ1) is 15.5. The number of imidazole rings is 1. The number of fused-ring (bicyclic) bond motifs is 1. The summed E-state index contributed by atoms with van der Waals surface area (Å²) >= 11 is 1.16. The molecule has 0 aliphatic carbocycles. The lowest BCUT2D eigenvalue weighted by Gasteiger charge is -2.05. The number of aromatic nitrogens is 3. The molecule has 1 amide bonds. The molecule has 0 spiro atoms. The zero-order valence-corrected chi connectivity index (χ0v) is 13.7. The lowest BCUT2D eigenvalue weighted by molar-refractivity contribution is -0.121. The second-order valence-corrected chi connectivity index (χ2v) is 6.16. The van der Waals surface area contributed by atoms with Crippen LogP contribution in [0.4, 0.5) is 0 Å². The Kier molecular flexibility index (Phi) is 4.57. The molecule has 0 saturated heterocycles. The number of carbonyl (C=O) groups is 1. The highest BCUT2D eigenvalue weighted by Gasteiger charge is 2.07. The van der Waals surface area contributed by atoms with Crippen LogP contribution in [-0.2, 0) is 17.8 Å². The molecule has 0 aliphatic heterocycles. The molecule has 0 fully saturated rings. The van der Waals surface area contributed by atoms with E-state index in [4.69, 9.17) is 0 Å². The van der Waals surface area contributed by atoms with E-state index in [0.717, 1.165) is 28.4 Å². The van der Waals surface area contributed by atoms with Gasteiger partial charge in [0.25, 0.3) is 0 Å². The van der Waals surface area contributed by atoms with Crippen molar-refractivity contribution in [1.29, 1.82) is 0 Å². The normalized spacial score (nSPS) is 11.0. The lowest BCUT2D eigenvalue weighted by Crippen LogP contribution is -2.28. The number of hydrogen-bond acceptors (Lipinski definition) is 4. The molecular formula is C16H18N4O2S. The molecule has 6 nitrogen and oxygen atoms in total. The number of amides is 1. The van der Waals surface area contributed by atoms with Gasteiger partial charge in [-0.25, -0.2) is 4.98 Å². The summed E-state index contributed by atoms with van der Waals surface area (Å²) in [5.41, 5.74) is 2.75. The van der Waals surface area contributed by atoms with Crippen LogP contribution >= 0.6 is 11.3 Å². The molecule has 7 heteroatoms. The number of nitrogens with zero attached hydrogens (tertiary/aromatic N) is 3. The van der Waals surface area contributed by atoms with Crippen molar-refractivity contribution in [1.82, 2.24) is 19.3 Å². The number of pyridine rings is 1. The first-order valence-corrected chi connectivity index (χ1v) is 8.36. The van der Waals surface area contributed by atoms with Crippen LogP contribution in [0.25, 0.3) is 5.65 Å². The van der Waals surface area contributed by atoms with Gasteiger partial charge in [-0.05, 0) is 19.1 Å². The summed E-state index contributed by atoms with van der Waals surface area (Å²) < 4.78 is 3.59. The fraction of sp³-hybridized carbons (Fsp3) is 0.312. The van der Waals surface area contributed by atoms with Gasteiger partial charge in [0.15, 0.2) is 0 Å². The summed E-state index contributed by atoms with van der Waals surface area (Å²) in [7, 11) is 0. The first-order valence-electron chi connectivity index (χ1n) is 7.48. The van der Waals surface area contributed by atoms with Crippen LogP contribution in [0.15, 0.2) is 40.8 Å². The fourth-order valence-electron chi connectivity index (χ4n) is 2.41. The monoisotopic (exact) mass is 330 g/mol. The SMILES string of the molecule is Cc1csc(=O)n1CCC(=O)NCCc1cn2ccccc2n1. The van der Waals surface area contributed by atoms with E-state index in [1.54, 1.807) is 4.57 Å². The third-order valence-corrected chi connectivity index (χ3v) is 4.54. The zero-order valence-electron chi connectivity index (χ0n) is 12.9. The van der Waals surface area contributed by atoms with Gasteiger partial charge in [0, 0.05) is 49.4 Å². The highest BCUT2D eigenvalue weighted by Crippen LogP contribution is 2.05. The molecule has 0 saturated carbocycles. The Bertz CT molecular complexity index is 844. The maximum atomic E-state index is 11.9. The van der Waals surface area contributed by atoms with Crippen LogP contribution < -0.4 is 10.2 Å². The highest BCUT2D eigenvalue weighted by atomic mass is 32.1. The smallest absolute Gasteiger partial charge is 0.307 e. The minimum atomic E-state index is -0.0498. The maximum Gasteiger partial charge on any atom is 0.307 e. The minimum Gasteiger partial charge on any atom is -0.356 e. The molecule has 3 heterocycles. The summed E-state index contributed by atoms with van der Waals surface area (Å²) in [6.45, 7) is 2.84. The molecule has 1 N–H and O–H groups in total. The van der Waals surface area contributed by atoms with Crippen LogP contribution in [0.3, 0.4) is 0 Å². The molecule has 120 valence electrons. The summed E-state index contributed by atoms with van der Waals surface area (Å²) in [6, 6.07) is 5.85. The second kappa shape index (κ2) is 6.78. The van der Waals surface area contributed by atoms with E-state index >= 15 is 0 Å². The van der Waals surface area contributed by atoms with Gasteiger partial charge in [-0.2, -0.15) is 0 Å². The van der Waals surface area contributed by atoms with Crippen molar-refractivity contribution < 1.29 is 4.79 Å². The molecular weight excluding hydrogens is 312 g/mol. The molecule has 23 heavy (non-hydrogen) atoms. The number of aryl methyl sites for hydroxylation is 1. The van der Waals surface area contributed by atoms with Crippen LogP contribution in [-0.4, -0.2) is 26.4 Å². The van der Waals surface area contributed by atoms with Crippen molar-refractivity contribution >= 4 is 22.9 Å². The molecule has 0 bridgehead atoms. The number of nitrogens with one attached hydrogen (secondary N) is 1. The summed E-state index contributed by atoms with van der Waals surface area (Å²) in [5, 5.41) is 4.69. The molecule has 0 aromatic carbocycles. The molecule has 3 aromatic rings. The van der Waals surface area contributed by atoms with Gasteiger partial charge in [0.2, 0.25) is 5.91 Å². The van der Waals surface area contributed by atoms with E-state index in [9.17, 15) is 9.59 Å². The standard InChI is InChI=1S/C16H18N4O2S/c1-12-11-23-16(22)20(12)9-6-15(21)17-7-5-13-10-19-8-3-2-4-14(19)18-13/h2-4,8,10-11H,5-7,9H2,1H3,(H,17,21). The van der Waals surface area contributed by atoms with Crippen molar-refractivity contribution in [3.8, 4) is 0 Å². The Hall–Kier alpha value is -2.41. The molecule has 3 aromatic heterocycles. The fourth-order valence-corrected chi connectivity index (χ4v) is 3.18. The van der Waals surface area contributed by atoms with Crippen molar-refractivity contribution in [3.63, 3.8) is 0 Å². The average molecular weight is 330 g/mol. The van der Waals surface area contributed by atoms with Crippen molar-refractivity contribution in [2.24, 2.45) is 0 Å². The topological polar surface area (TPSA) is 68.4 Å². The van der Waals surface area contributed by atoms with Crippen LogP contribution in [0.5, 0.6) is 0 Å². The predicted molar refractivity (Wildman–Crippen MR) is 89.8 cm³/mol. The van der Waals surface area contributed by atoms with Crippen molar-refractivity contribution in [2.75, 3.05) is 6.54 Å². The third-order valence-electron chi connectivity index (χ3n) is 3.66. The first-order chi connectivity index (χ1) is 11.1. The summed E-state index contributed by atoms with van der Waals surface area (Å²) in [5.74, 6) is -0.0498. The van der Waals surface area contributed by atoms with Gasteiger partial charge < -0.3 is 14.3 Å². The molecule has 0 aliphatic rings. The Morgan fingerprint density at radius 3 is 3.00 bits per heavy atom. The minimum absolute atomic E-state index is 0.0139. The lowest BCUT2D eigenvalue weighted by atomic mass is 10.3. The van der Waals surface area contributed by atoms with Gasteiger partial charge in [-0.3, -0.25) is 9.59 Å². The number of thiazole rings is 1. The number of hydrogen-bond donors (Lipinski definition) is 1. The molecule has 3 rings (SSSR count).